The third-order valence-electron chi connectivity index (χ3n) is 4.59. The number of thioether (sulfide) groups is 1. The summed E-state index contributed by atoms with van der Waals surface area (Å²) in [5, 5.41) is 4.46. The van der Waals surface area contributed by atoms with E-state index < -0.39 is 0 Å². The van der Waals surface area contributed by atoms with Crippen molar-refractivity contribution in [2.24, 2.45) is 5.92 Å². The molecule has 2 nitrogen and oxygen atoms in total. The number of likely N-dealkylation sites (tertiary alicyclic amines) is 1. The van der Waals surface area contributed by atoms with Crippen LogP contribution in [0.1, 0.15) is 44.9 Å². The Bertz CT molecular complexity index is 217. The fourth-order valence-corrected chi connectivity index (χ4v) is 4.10. The normalized spacial score (nSPS) is 31.2. The Hall–Kier alpha value is 0.270. The molecule has 2 atom stereocenters. The number of piperidine rings is 1. The third-order valence-corrected chi connectivity index (χ3v) is 5.72. The van der Waals surface area contributed by atoms with Crippen LogP contribution in [0, 0.1) is 5.92 Å². The van der Waals surface area contributed by atoms with Gasteiger partial charge in [0.1, 0.15) is 0 Å². The van der Waals surface area contributed by atoms with Gasteiger partial charge in [-0.25, -0.2) is 0 Å². The molecule has 2 fully saturated rings. The summed E-state index contributed by atoms with van der Waals surface area (Å²) in [6.07, 6.45) is 12.2. The van der Waals surface area contributed by atoms with Crippen molar-refractivity contribution < 1.29 is 0 Å². The fourth-order valence-electron chi connectivity index (χ4n) is 3.36. The molecule has 106 valence electrons. The molecule has 2 unspecified atom stereocenters. The molecule has 0 spiro atoms. The fraction of sp³-hybridized carbons (Fsp3) is 1.00. The molecule has 0 aromatic carbocycles. The Kier molecular flexibility index (Phi) is 6.88. The molecule has 2 aliphatic rings. The van der Waals surface area contributed by atoms with Crippen molar-refractivity contribution in [2.45, 2.75) is 50.2 Å². The zero-order valence-corrected chi connectivity index (χ0v) is 12.8. The van der Waals surface area contributed by atoms with E-state index >= 15 is 0 Å². The van der Waals surface area contributed by atoms with Crippen LogP contribution in [0.5, 0.6) is 0 Å². The molecule has 0 aromatic rings. The molecule has 2 heterocycles. The summed E-state index contributed by atoms with van der Waals surface area (Å²) in [6, 6.07) is 0. The van der Waals surface area contributed by atoms with E-state index in [1.807, 2.05) is 0 Å². The highest BCUT2D eigenvalue weighted by atomic mass is 32.2. The second-order valence-electron chi connectivity index (χ2n) is 5.98. The molecule has 1 N–H and O–H groups in total. The van der Waals surface area contributed by atoms with Gasteiger partial charge in [0, 0.05) is 5.25 Å². The van der Waals surface area contributed by atoms with Crippen molar-refractivity contribution in [3.8, 4) is 0 Å². The molecular weight excluding hydrogens is 240 g/mol. The van der Waals surface area contributed by atoms with Crippen LogP contribution in [0.2, 0.25) is 0 Å². The van der Waals surface area contributed by atoms with Crippen LogP contribution in [0.3, 0.4) is 0 Å². The van der Waals surface area contributed by atoms with Crippen LogP contribution in [0.25, 0.3) is 0 Å². The first kappa shape index (κ1) is 14.7. The third kappa shape index (κ3) is 5.10. The molecule has 2 rings (SSSR count). The van der Waals surface area contributed by atoms with Crippen LogP contribution in [-0.4, -0.2) is 49.1 Å². The minimum absolute atomic E-state index is 0.928. The van der Waals surface area contributed by atoms with Crippen LogP contribution in [0.4, 0.5) is 0 Å². The van der Waals surface area contributed by atoms with Crippen molar-refractivity contribution >= 4 is 11.8 Å². The summed E-state index contributed by atoms with van der Waals surface area (Å²) >= 11 is 2.07. The van der Waals surface area contributed by atoms with E-state index in [0.29, 0.717) is 0 Å². The van der Waals surface area contributed by atoms with Crippen molar-refractivity contribution in [3.05, 3.63) is 0 Å². The lowest BCUT2D eigenvalue weighted by atomic mass is 9.94. The molecule has 0 amide bonds. The van der Waals surface area contributed by atoms with Gasteiger partial charge < -0.3 is 10.2 Å². The van der Waals surface area contributed by atoms with Gasteiger partial charge in [0.25, 0.3) is 0 Å². The van der Waals surface area contributed by atoms with Gasteiger partial charge in [-0.15, -0.1) is 0 Å². The molecule has 0 saturated carbocycles. The molecule has 0 bridgehead atoms. The first-order chi connectivity index (χ1) is 8.88. The quantitative estimate of drug-likeness (QED) is 0.827. The summed E-state index contributed by atoms with van der Waals surface area (Å²) in [5.74, 6) is 0.963. The van der Waals surface area contributed by atoms with E-state index in [1.54, 1.807) is 0 Å². The molecule has 2 aliphatic heterocycles. The number of hydrogen-bond donors (Lipinski definition) is 1. The SMILES string of the molecule is CSC1CCCN(CCCC2CCCNC2)CC1. The van der Waals surface area contributed by atoms with E-state index in [0.717, 1.165) is 11.2 Å². The van der Waals surface area contributed by atoms with Gasteiger partial charge in [-0.3, -0.25) is 0 Å². The van der Waals surface area contributed by atoms with E-state index in [4.69, 9.17) is 0 Å². The van der Waals surface area contributed by atoms with Crippen molar-refractivity contribution in [3.63, 3.8) is 0 Å². The predicted molar refractivity (Wildman–Crippen MR) is 82.4 cm³/mol. The first-order valence-electron chi connectivity index (χ1n) is 7.84. The van der Waals surface area contributed by atoms with E-state index in [2.05, 4.69) is 28.2 Å². The van der Waals surface area contributed by atoms with Crippen LogP contribution in [-0.2, 0) is 0 Å². The summed E-state index contributed by atoms with van der Waals surface area (Å²) in [6.45, 7) is 6.55. The highest BCUT2D eigenvalue weighted by Crippen LogP contribution is 2.22. The zero-order chi connectivity index (χ0) is 12.6. The lowest BCUT2D eigenvalue weighted by Crippen LogP contribution is -2.31. The maximum atomic E-state index is 3.53. The van der Waals surface area contributed by atoms with E-state index in [1.165, 1.54) is 77.7 Å². The molecule has 18 heavy (non-hydrogen) atoms. The average Bonchev–Trinajstić information content (AvgIpc) is 2.65. The maximum absolute atomic E-state index is 3.53. The van der Waals surface area contributed by atoms with Crippen LogP contribution >= 0.6 is 11.8 Å². The molecule has 2 saturated heterocycles. The molecule has 0 aliphatic carbocycles. The number of rotatable bonds is 5. The Morgan fingerprint density at radius 1 is 1.17 bits per heavy atom. The maximum Gasteiger partial charge on any atom is 0.00569 e. The number of hydrogen-bond acceptors (Lipinski definition) is 3. The second-order valence-corrected chi connectivity index (χ2v) is 7.12. The molecular formula is C15H30N2S. The first-order valence-corrected chi connectivity index (χ1v) is 9.13. The number of nitrogens with zero attached hydrogens (tertiary/aromatic N) is 1. The van der Waals surface area contributed by atoms with Crippen molar-refractivity contribution in [1.29, 1.82) is 0 Å². The van der Waals surface area contributed by atoms with E-state index in [9.17, 15) is 0 Å². The Morgan fingerprint density at radius 3 is 2.89 bits per heavy atom. The van der Waals surface area contributed by atoms with Gasteiger partial charge in [-0.1, -0.05) is 0 Å². The van der Waals surface area contributed by atoms with Crippen LogP contribution < -0.4 is 5.32 Å². The largest absolute Gasteiger partial charge is 0.316 e. The highest BCUT2D eigenvalue weighted by Gasteiger charge is 2.17. The smallest absolute Gasteiger partial charge is 0.00569 e. The summed E-state index contributed by atoms with van der Waals surface area (Å²) < 4.78 is 0. The number of nitrogens with one attached hydrogen (secondary N) is 1. The highest BCUT2D eigenvalue weighted by molar-refractivity contribution is 7.99. The van der Waals surface area contributed by atoms with Gasteiger partial charge in [-0.2, -0.15) is 11.8 Å². The van der Waals surface area contributed by atoms with Crippen LogP contribution in [0.15, 0.2) is 0 Å². The Labute approximate surface area is 117 Å². The monoisotopic (exact) mass is 270 g/mol. The molecule has 0 radical (unpaired) electrons. The van der Waals surface area contributed by atoms with Gasteiger partial charge in [-0.05, 0) is 89.8 Å². The van der Waals surface area contributed by atoms with Gasteiger partial charge in [0.05, 0.1) is 0 Å². The minimum atomic E-state index is 0.928. The second kappa shape index (κ2) is 8.44. The standard InChI is InChI=1S/C15H30N2S/c1-18-15-7-4-11-17(12-8-15)10-3-6-14-5-2-9-16-13-14/h14-16H,2-13H2,1H3. The summed E-state index contributed by atoms with van der Waals surface area (Å²) in [7, 11) is 0. The summed E-state index contributed by atoms with van der Waals surface area (Å²) in [5.41, 5.74) is 0. The molecule has 0 aromatic heterocycles. The summed E-state index contributed by atoms with van der Waals surface area (Å²) in [4.78, 5) is 2.71. The predicted octanol–water partition coefficient (Wildman–Crippen LogP) is 2.98. The van der Waals surface area contributed by atoms with Gasteiger partial charge >= 0.3 is 0 Å². The minimum Gasteiger partial charge on any atom is -0.316 e. The Morgan fingerprint density at radius 2 is 2.11 bits per heavy atom. The van der Waals surface area contributed by atoms with E-state index in [-0.39, 0.29) is 0 Å². The van der Waals surface area contributed by atoms with Gasteiger partial charge in [0.2, 0.25) is 0 Å². The van der Waals surface area contributed by atoms with Crippen molar-refractivity contribution in [2.75, 3.05) is 39.0 Å². The molecule has 3 heteroatoms. The topological polar surface area (TPSA) is 15.3 Å². The van der Waals surface area contributed by atoms with Gasteiger partial charge in [0.15, 0.2) is 0 Å². The Balaban J connectivity index is 1.58. The lowest BCUT2D eigenvalue weighted by molar-refractivity contribution is 0.261. The average molecular weight is 270 g/mol. The zero-order valence-electron chi connectivity index (χ0n) is 12.0. The lowest BCUT2D eigenvalue weighted by Gasteiger charge is -2.25. The van der Waals surface area contributed by atoms with Crippen molar-refractivity contribution in [1.82, 2.24) is 10.2 Å².